The summed E-state index contributed by atoms with van der Waals surface area (Å²) in [6.45, 7) is 0. The second-order valence-electron chi connectivity index (χ2n) is 11.3. The molecule has 3 aromatic heterocycles. The van der Waals surface area contributed by atoms with Gasteiger partial charge in [-0.2, -0.15) is 0 Å². The molecule has 0 spiro atoms. The van der Waals surface area contributed by atoms with Gasteiger partial charge in [-0.05, 0) is 87.9 Å². The number of furan rings is 1. The summed E-state index contributed by atoms with van der Waals surface area (Å²) in [7, 11) is 0. The molecule has 0 N–H and O–H groups in total. The Balaban J connectivity index is 1.35. The third kappa shape index (κ3) is 3.28. The molecule has 0 bridgehead atoms. The van der Waals surface area contributed by atoms with Gasteiger partial charge < -0.3 is 8.98 Å². The minimum Gasteiger partial charge on any atom is -0.456 e. The van der Waals surface area contributed by atoms with E-state index < -0.39 is 0 Å². The highest BCUT2D eigenvalue weighted by atomic mass is 32.1. The van der Waals surface area contributed by atoms with E-state index in [0.717, 1.165) is 21.9 Å². The highest BCUT2D eigenvalue weighted by molar-refractivity contribution is 7.26. The fourth-order valence-electron chi connectivity index (χ4n) is 7.00. The van der Waals surface area contributed by atoms with Crippen LogP contribution in [0.2, 0.25) is 0 Å². The van der Waals surface area contributed by atoms with Crippen LogP contribution in [-0.4, -0.2) is 4.57 Å². The molecule has 0 fully saturated rings. The quantitative estimate of drug-likeness (QED) is 0.191. The lowest BCUT2D eigenvalue weighted by Crippen LogP contribution is -1.91. The predicted molar refractivity (Wildman–Crippen MR) is 184 cm³/mol. The van der Waals surface area contributed by atoms with Gasteiger partial charge in [-0.3, -0.25) is 0 Å². The minimum atomic E-state index is 0.922. The van der Waals surface area contributed by atoms with Crippen molar-refractivity contribution >= 4 is 85.9 Å². The van der Waals surface area contributed by atoms with Crippen LogP contribution in [0.25, 0.3) is 91.4 Å². The molecular formula is C40H23NOS. The number of thiophene rings is 1. The summed E-state index contributed by atoms with van der Waals surface area (Å²) in [6, 6.07) is 48.4. The average Bonchev–Trinajstić information content (AvgIpc) is 3.76. The molecule has 10 rings (SSSR count). The first-order chi connectivity index (χ1) is 21.3. The van der Waals surface area contributed by atoms with Gasteiger partial charge in [-0.1, -0.05) is 72.8 Å². The van der Waals surface area contributed by atoms with Crippen LogP contribution in [0.15, 0.2) is 144 Å². The Morgan fingerprint density at radius 1 is 0.512 bits per heavy atom. The van der Waals surface area contributed by atoms with Gasteiger partial charge >= 0.3 is 0 Å². The smallest absolute Gasteiger partial charge is 0.135 e. The molecule has 0 aliphatic carbocycles. The SMILES string of the molecule is c1ccc(-n2ccc3cc4cc(-c5ccc6oc7ccccc7c6c5)c5ccc6c7ccccc7sc6c5c4cc32)cc1. The van der Waals surface area contributed by atoms with Gasteiger partial charge in [0, 0.05) is 53.6 Å². The molecule has 10 aromatic rings. The Hall–Kier alpha value is -5.38. The van der Waals surface area contributed by atoms with E-state index in [9.17, 15) is 0 Å². The van der Waals surface area contributed by atoms with Gasteiger partial charge in [0.05, 0.1) is 5.52 Å². The molecule has 3 heteroatoms. The Morgan fingerprint density at radius 3 is 2.23 bits per heavy atom. The zero-order valence-corrected chi connectivity index (χ0v) is 23.9. The first-order valence-corrected chi connectivity index (χ1v) is 15.4. The highest BCUT2D eigenvalue weighted by Gasteiger charge is 2.17. The zero-order valence-electron chi connectivity index (χ0n) is 23.0. The van der Waals surface area contributed by atoms with Crippen molar-refractivity contribution < 1.29 is 4.42 Å². The van der Waals surface area contributed by atoms with Gasteiger partial charge in [0.25, 0.3) is 0 Å². The number of fused-ring (bicyclic) bond motifs is 11. The van der Waals surface area contributed by atoms with E-state index in [1.165, 1.54) is 69.4 Å². The Bertz CT molecular complexity index is 2720. The first-order valence-electron chi connectivity index (χ1n) is 14.6. The molecule has 0 aliphatic heterocycles. The minimum absolute atomic E-state index is 0.922. The lowest BCUT2D eigenvalue weighted by molar-refractivity contribution is 0.669. The van der Waals surface area contributed by atoms with Crippen LogP contribution in [0.5, 0.6) is 0 Å². The third-order valence-electron chi connectivity index (χ3n) is 8.99. The van der Waals surface area contributed by atoms with Crippen molar-refractivity contribution in [1.82, 2.24) is 4.57 Å². The number of hydrogen-bond donors (Lipinski definition) is 0. The van der Waals surface area contributed by atoms with Crippen molar-refractivity contribution in [3.8, 4) is 16.8 Å². The molecule has 0 saturated heterocycles. The van der Waals surface area contributed by atoms with E-state index in [1.807, 2.05) is 23.5 Å². The normalized spacial score (nSPS) is 12.2. The first kappa shape index (κ1) is 23.2. The van der Waals surface area contributed by atoms with E-state index in [0.29, 0.717) is 0 Å². The lowest BCUT2D eigenvalue weighted by atomic mass is 9.91. The maximum atomic E-state index is 6.18. The van der Waals surface area contributed by atoms with Crippen LogP contribution in [0, 0.1) is 0 Å². The Morgan fingerprint density at radius 2 is 1.30 bits per heavy atom. The molecule has 0 aliphatic rings. The fourth-order valence-corrected chi connectivity index (χ4v) is 8.26. The number of nitrogens with zero attached hydrogens (tertiary/aromatic N) is 1. The summed E-state index contributed by atoms with van der Waals surface area (Å²) in [6.07, 6.45) is 2.19. The summed E-state index contributed by atoms with van der Waals surface area (Å²) < 4.78 is 11.1. The summed E-state index contributed by atoms with van der Waals surface area (Å²) in [5.41, 5.74) is 6.69. The van der Waals surface area contributed by atoms with E-state index in [-0.39, 0.29) is 0 Å². The maximum absolute atomic E-state index is 6.18. The van der Waals surface area contributed by atoms with Crippen molar-refractivity contribution in [3.63, 3.8) is 0 Å². The highest BCUT2D eigenvalue weighted by Crippen LogP contribution is 2.45. The van der Waals surface area contributed by atoms with Gasteiger partial charge in [0.15, 0.2) is 0 Å². The Labute approximate surface area is 250 Å². The summed E-state index contributed by atoms with van der Waals surface area (Å²) >= 11 is 1.90. The molecule has 0 radical (unpaired) electrons. The summed E-state index contributed by atoms with van der Waals surface area (Å²) in [4.78, 5) is 0. The number of para-hydroxylation sites is 2. The Kier molecular flexibility index (Phi) is 4.63. The van der Waals surface area contributed by atoms with Crippen LogP contribution in [0.1, 0.15) is 0 Å². The molecular weight excluding hydrogens is 543 g/mol. The molecule has 43 heavy (non-hydrogen) atoms. The molecule has 7 aromatic carbocycles. The standard InChI is InChI=1S/C40H23NOS/c1-2-8-27(9-3-1)41-19-18-25-20-26-22-32(24-14-17-37-34(21-24)28-10-4-6-12-36(28)42-37)30-15-16-31-29-11-5-7-13-38(29)43-40(31)39(30)33(26)23-35(25)41/h1-23H. The van der Waals surface area contributed by atoms with Gasteiger partial charge in [-0.15, -0.1) is 11.3 Å². The number of hydrogen-bond acceptors (Lipinski definition) is 2. The van der Waals surface area contributed by atoms with Crippen LogP contribution in [0.3, 0.4) is 0 Å². The molecule has 0 unspecified atom stereocenters. The number of benzene rings is 7. The maximum Gasteiger partial charge on any atom is 0.135 e. The van der Waals surface area contributed by atoms with E-state index in [1.54, 1.807) is 0 Å². The second kappa shape index (κ2) is 8.57. The van der Waals surface area contributed by atoms with Crippen LogP contribution >= 0.6 is 11.3 Å². The van der Waals surface area contributed by atoms with E-state index in [4.69, 9.17) is 4.42 Å². The van der Waals surface area contributed by atoms with Crippen molar-refractivity contribution in [2.24, 2.45) is 0 Å². The molecule has 0 atom stereocenters. The average molecular weight is 566 g/mol. The number of rotatable bonds is 2. The van der Waals surface area contributed by atoms with E-state index in [2.05, 4.69) is 132 Å². The summed E-state index contributed by atoms with van der Waals surface area (Å²) in [5.74, 6) is 0. The molecule has 3 heterocycles. The van der Waals surface area contributed by atoms with Gasteiger partial charge in [0.1, 0.15) is 11.2 Å². The summed E-state index contributed by atoms with van der Waals surface area (Å²) in [5, 5.41) is 11.3. The third-order valence-corrected chi connectivity index (χ3v) is 10.2. The molecule has 2 nitrogen and oxygen atoms in total. The zero-order chi connectivity index (χ0) is 28.1. The topological polar surface area (TPSA) is 18.1 Å². The number of aromatic nitrogens is 1. The predicted octanol–water partition coefficient (Wildman–Crippen LogP) is 11.9. The van der Waals surface area contributed by atoms with Crippen molar-refractivity contribution in [2.45, 2.75) is 0 Å². The molecule has 0 saturated carbocycles. The largest absolute Gasteiger partial charge is 0.456 e. The fraction of sp³-hybridized carbons (Fsp3) is 0. The lowest BCUT2D eigenvalue weighted by Gasteiger charge is -2.14. The van der Waals surface area contributed by atoms with Crippen molar-refractivity contribution in [3.05, 3.63) is 140 Å². The van der Waals surface area contributed by atoms with Gasteiger partial charge in [0.2, 0.25) is 0 Å². The molecule has 0 amide bonds. The van der Waals surface area contributed by atoms with Crippen LogP contribution in [-0.2, 0) is 0 Å². The van der Waals surface area contributed by atoms with Crippen LogP contribution < -0.4 is 0 Å². The monoisotopic (exact) mass is 565 g/mol. The molecule has 200 valence electrons. The second-order valence-corrected chi connectivity index (χ2v) is 12.4. The van der Waals surface area contributed by atoms with E-state index >= 15 is 0 Å². The van der Waals surface area contributed by atoms with Crippen molar-refractivity contribution in [1.29, 1.82) is 0 Å². The van der Waals surface area contributed by atoms with Crippen molar-refractivity contribution in [2.75, 3.05) is 0 Å². The van der Waals surface area contributed by atoms with Crippen LogP contribution in [0.4, 0.5) is 0 Å². The van der Waals surface area contributed by atoms with Gasteiger partial charge in [-0.25, -0.2) is 0 Å².